The molecule has 0 fully saturated rings. The van der Waals surface area contributed by atoms with E-state index in [1.165, 1.54) is 5.56 Å². The first kappa shape index (κ1) is 10.7. The molecule has 2 aromatic rings. The number of nitrogens with one attached hydrogen (secondary N) is 1. The van der Waals surface area contributed by atoms with Gasteiger partial charge in [-0.05, 0) is 43.7 Å². The average Bonchev–Trinajstić information content (AvgIpc) is 2.70. The molecule has 1 atom stereocenters. The molecule has 0 amide bonds. The Bertz CT molecular complexity index is 437. The molecule has 0 spiro atoms. The zero-order valence-corrected chi connectivity index (χ0v) is 9.60. The minimum atomic E-state index is 0.306. The summed E-state index contributed by atoms with van der Waals surface area (Å²) in [6.07, 6.45) is 4.38. The van der Waals surface area contributed by atoms with Crippen molar-refractivity contribution in [3.8, 4) is 0 Å². The van der Waals surface area contributed by atoms with Gasteiger partial charge in [-0.2, -0.15) is 0 Å². The Kier molecular flexibility index (Phi) is 3.25. The van der Waals surface area contributed by atoms with Gasteiger partial charge in [-0.15, -0.1) is 0 Å². The second-order valence-electron chi connectivity index (χ2n) is 4.05. The van der Waals surface area contributed by atoms with Gasteiger partial charge in [0.25, 0.3) is 0 Å². The topological polar surface area (TPSA) is 38.1 Å². The number of aryl methyl sites for hydroxylation is 1. The monoisotopic (exact) mass is 216 g/mol. The van der Waals surface area contributed by atoms with E-state index < -0.39 is 0 Å². The van der Waals surface area contributed by atoms with E-state index in [0.717, 1.165) is 18.0 Å². The normalized spacial score (nSPS) is 12.4. The standard InChI is InChI=1S/C13H16N2O/c1-10-5-6-14-13(8-10)15-11(2)9-12-4-3-7-16-12/h3-8,11H,9H2,1-2H3,(H,14,15). The second kappa shape index (κ2) is 4.84. The molecule has 3 heteroatoms. The quantitative estimate of drug-likeness (QED) is 0.853. The smallest absolute Gasteiger partial charge is 0.126 e. The predicted octanol–water partition coefficient (Wildman–Crippen LogP) is 3.03. The molecule has 1 N–H and O–H groups in total. The first-order valence-corrected chi connectivity index (χ1v) is 5.45. The average molecular weight is 216 g/mol. The minimum absolute atomic E-state index is 0.306. The number of furan rings is 1. The fourth-order valence-corrected chi connectivity index (χ4v) is 1.65. The summed E-state index contributed by atoms with van der Waals surface area (Å²) < 4.78 is 5.31. The molecule has 2 rings (SSSR count). The Balaban J connectivity index is 1.94. The highest BCUT2D eigenvalue weighted by atomic mass is 16.3. The summed E-state index contributed by atoms with van der Waals surface area (Å²) in [6.45, 7) is 4.18. The third-order valence-electron chi connectivity index (χ3n) is 2.40. The molecule has 0 aromatic carbocycles. The molecule has 0 aliphatic heterocycles. The molecule has 16 heavy (non-hydrogen) atoms. The highest BCUT2D eigenvalue weighted by Crippen LogP contribution is 2.10. The van der Waals surface area contributed by atoms with Crippen LogP contribution in [0.3, 0.4) is 0 Å². The van der Waals surface area contributed by atoms with Crippen LogP contribution in [0.2, 0.25) is 0 Å². The van der Waals surface area contributed by atoms with Crippen LogP contribution in [-0.4, -0.2) is 11.0 Å². The molecular formula is C13H16N2O. The molecule has 0 radical (unpaired) electrons. The van der Waals surface area contributed by atoms with Crippen LogP contribution in [0.15, 0.2) is 41.1 Å². The van der Waals surface area contributed by atoms with Crippen LogP contribution in [-0.2, 0) is 6.42 Å². The van der Waals surface area contributed by atoms with Crippen LogP contribution in [0.25, 0.3) is 0 Å². The largest absolute Gasteiger partial charge is 0.469 e. The van der Waals surface area contributed by atoms with Gasteiger partial charge in [-0.3, -0.25) is 0 Å². The number of nitrogens with zero attached hydrogens (tertiary/aromatic N) is 1. The van der Waals surface area contributed by atoms with Crippen molar-refractivity contribution in [2.45, 2.75) is 26.3 Å². The number of rotatable bonds is 4. The first-order chi connectivity index (χ1) is 7.74. The number of hydrogen-bond acceptors (Lipinski definition) is 3. The summed E-state index contributed by atoms with van der Waals surface area (Å²) in [5, 5.41) is 3.35. The van der Waals surface area contributed by atoms with Gasteiger partial charge in [0.15, 0.2) is 0 Å². The summed E-state index contributed by atoms with van der Waals surface area (Å²) in [6, 6.07) is 8.23. The number of anilines is 1. The number of pyridine rings is 1. The number of hydrogen-bond donors (Lipinski definition) is 1. The Labute approximate surface area is 95.5 Å². The second-order valence-corrected chi connectivity index (χ2v) is 4.05. The third kappa shape index (κ3) is 2.86. The molecule has 1 unspecified atom stereocenters. The molecule has 2 aromatic heterocycles. The van der Waals surface area contributed by atoms with E-state index in [9.17, 15) is 0 Å². The van der Waals surface area contributed by atoms with Crippen molar-refractivity contribution in [3.63, 3.8) is 0 Å². The first-order valence-electron chi connectivity index (χ1n) is 5.45. The molecular weight excluding hydrogens is 200 g/mol. The fourth-order valence-electron chi connectivity index (χ4n) is 1.65. The molecule has 0 saturated carbocycles. The molecule has 3 nitrogen and oxygen atoms in total. The van der Waals surface area contributed by atoms with E-state index in [1.807, 2.05) is 30.5 Å². The van der Waals surface area contributed by atoms with Crippen molar-refractivity contribution in [3.05, 3.63) is 48.0 Å². The van der Waals surface area contributed by atoms with E-state index in [2.05, 4.69) is 24.1 Å². The van der Waals surface area contributed by atoms with Crippen LogP contribution in [0, 0.1) is 6.92 Å². The molecule has 84 valence electrons. The van der Waals surface area contributed by atoms with Gasteiger partial charge in [0.05, 0.1) is 6.26 Å². The maximum absolute atomic E-state index is 5.31. The SMILES string of the molecule is Cc1ccnc(NC(C)Cc2ccco2)c1. The summed E-state index contributed by atoms with van der Waals surface area (Å²) in [5.41, 5.74) is 1.21. The van der Waals surface area contributed by atoms with Crippen molar-refractivity contribution in [1.29, 1.82) is 0 Å². The molecule has 0 saturated heterocycles. The van der Waals surface area contributed by atoms with E-state index in [4.69, 9.17) is 4.42 Å². The lowest BCUT2D eigenvalue weighted by molar-refractivity contribution is 0.497. The zero-order chi connectivity index (χ0) is 11.4. The van der Waals surface area contributed by atoms with E-state index in [1.54, 1.807) is 6.26 Å². The highest BCUT2D eigenvalue weighted by molar-refractivity contribution is 5.38. The maximum Gasteiger partial charge on any atom is 0.126 e. The predicted molar refractivity (Wildman–Crippen MR) is 64.5 cm³/mol. The van der Waals surface area contributed by atoms with E-state index in [0.29, 0.717) is 6.04 Å². The van der Waals surface area contributed by atoms with Gasteiger partial charge in [-0.1, -0.05) is 0 Å². The Morgan fingerprint density at radius 2 is 2.31 bits per heavy atom. The van der Waals surface area contributed by atoms with Crippen molar-refractivity contribution in [1.82, 2.24) is 4.98 Å². The summed E-state index contributed by atoms with van der Waals surface area (Å²) in [4.78, 5) is 4.27. The Morgan fingerprint density at radius 1 is 1.44 bits per heavy atom. The van der Waals surface area contributed by atoms with Crippen molar-refractivity contribution >= 4 is 5.82 Å². The van der Waals surface area contributed by atoms with Gasteiger partial charge in [0, 0.05) is 18.7 Å². The van der Waals surface area contributed by atoms with E-state index >= 15 is 0 Å². The van der Waals surface area contributed by atoms with Crippen LogP contribution in [0.5, 0.6) is 0 Å². The summed E-state index contributed by atoms with van der Waals surface area (Å²) >= 11 is 0. The van der Waals surface area contributed by atoms with Crippen molar-refractivity contribution in [2.75, 3.05) is 5.32 Å². The van der Waals surface area contributed by atoms with Crippen LogP contribution in [0.1, 0.15) is 18.2 Å². The lowest BCUT2D eigenvalue weighted by Crippen LogP contribution is -2.18. The molecule has 0 bridgehead atoms. The Morgan fingerprint density at radius 3 is 3.00 bits per heavy atom. The van der Waals surface area contributed by atoms with Crippen LogP contribution < -0.4 is 5.32 Å². The van der Waals surface area contributed by atoms with Gasteiger partial charge < -0.3 is 9.73 Å². The van der Waals surface area contributed by atoms with Gasteiger partial charge in [0.2, 0.25) is 0 Å². The van der Waals surface area contributed by atoms with Crippen molar-refractivity contribution < 1.29 is 4.42 Å². The Hall–Kier alpha value is -1.77. The molecule has 0 aliphatic carbocycles. The van der Waals surface area contributed by atoms with Gasteiger partial charge >= 0.3 is 0 Å². The zero-order valence-electron chi connectivity index (χ0n) is 9.60. The lowest BCUT2D eigenvalue weighted by atomic mass is 10.2. The minimum Gasteiger partial charge on any atom is -0.469 e. The van der Waals surface area contributed by atoms with Crippen LogP contribution >= 0.6 is 0 Å². The maximum atomic E-state index is 5.31. The fraction of sp³-hybridized carbons (Fsp3) is 0.308. The molecule has 2 heterocycles. The van der Waals surface area contributed by atoms with Gasteiger partial charge in [0.1, 0.15) is 11.6 Å². The van der Waals surface area contributed by atoms with Crippen LogP contribution in [0.4, 0.5) is 5.82 Å². The van der Waals surface area contributed by atoms with E-state index in [-0.39, 0.29) is 0 Å². The highest BCUT2D eigenvalue weighted by Gasteiger charge is 2.05. The summed E-state index contributed by atoms with van der Waals surface area (Å²) in [7, 11) is 0. The molecule has 0 aliphatic rings. The van der Waals surface area contributed by atoms with Crippen molar-refractivity contribution in [2.24, 2.45) is 0 Å². The summed E-state index contributed by atoms with van der Waals surface area (Å²) in [5.74, 6) is 1.91. The lowest BCUT2D eigenvalue weighted by Gasteiger charge is -2.13. The van der Waals surface area contributed by atoms with Gasteiger partial charge in [-0.25, -0.2) is 4.98 Å². The number of aromatic nitrogens is 1. The third-order valence-corrected chi connectivity index (χ3v) is 2.40.